The molecule has 0 N–H and O–H groups in total. The van der Waals surface area contributed by atoms with Gasteiger partial charge in [-0.2, -0.15) is 18.3 Å². The first-order chi connectivity index (χ1) is 8.41. The molecule has 3 nitrogen and oxygen atoms in total. The van der Waals surface area contributed by atoms with Crippen molar-refractivity contribution in [3.63, 3.8) is 0 Å². The van der Waals surface area contributed by atoms with Crippen molar-refractivity contribution >= 4 is 6.29 Å². The molecular formula is C11H6F4N2O. The van der Waals surface area contributed by atoms with Crippen molar-refractivity contribution in [1.82, 2.24) is 9.78 Å². The first-order valence-corrected chi connectivity index (χ1v) is 4.79. The second-order valence-electron chi connectivity index (χ2n) is 3.50. The lowest BCUT2D eigenvalue weighted by atomic mass is 10.2. The maximum atomic E-state index is 13.5. The van der Waals surface area contributed by atoms with E-state index in [0.717, 1.165) is 10.7 Å². The number of aromatic nitrogens is 2. The second kappa shape index (κ2) is 4.25. The van der Waals surface area contributed by atoms with Gasteiger partial charge >= 0.3 is 6.18 Å². The minimum Gasteiger partial charge on any atom is -0.298 e. The number of carbonyl (C=O) groups is 1. The van der Waals surface area contributed by atoms with Crippen molar-refractivity contribution < 1.29 is 22.4 Å². The number of alkyl halides is 3. The Morgan fingerprint density at radius 2 is 2.00 bits per heavy atom. The van der Waals surface area contributed by atoms with Gasteiger partial charge in [0.25, 0.3) is 0 Å². The molecule has 0 saturated heterocycles. The van der Waals surface area contributed by atoms with Crippen molar-refractivity contribution in [3.05, 3.63) is 47.5 Å². The number of rotatable bonds is 2. The molecule has 1 aromatic heterocycles. The number of nitrogens with zero attached hydrogens (tertiary/aromatic N) is 2. The van der Waals surface area contributed by atoms with Gasteiger partial charge in [-0.25, -0.2) is 9.07 Å². The molecule has 1 heterocycles. The Morgan fingerprint density at radius 1 is 1.28 bits per heavy atom. The molecule has 0 unspecified atom stereocenters. The summed E-state index contributed by atoms with van der Waals surface area (Å²) >= 11 is 0. The molecular weight excluding hydrogens is 252 g/mol. The molecule has 2 aromatic rings. The zero-order chi connectivity index (χ0) is 13.3. The Morgan fingerprint density at radius 3 is 2.50 bits per heavy atom. The third kappa shape index (κ3) is 2.24. The minimum atomic E-state index is -4.53. The first kappa shape index (κ1) is 12.3. The fourth-order valence-electron chi connectivity index (χ4n) is 1.38. The third-order valence-corrected chi connectivity index (χ3v) is 2.26. The molecule has 7 heteroatoms. The lowest BCUT2D eigenvalue weighted by molar-refractivity contribution is -0.137. The normalized spacial score (nSPS) is 11.6. The Balaban J connectivity index is 2.43. The van der Waals surface area contributed by atoms with Gasteiger partial charge in [0.2, 0.25) is 0 Å². The zero-order valence-corrected chi connectivity index (χ0v) is 8.78. The molecule has 0 amide bonds. The Hall–Kier alpha value is -2.18. The Bertz CT molecular complexity index is 589. The highest BCUT2D eigenvalue weighted by Gasteiger charge is 2.32. The van der Waals surface area contributed by atoms with Crippen LogP contribution >= 0.6 is 0 Å². The standard InChI is InChI=1S/C11H6F4N2O/c12-9-3-7(6-18)1-2-10(9)17-5-8(4-16-17)11(13,14)15/h1-6H. The zero-order valence-electron chi connectivity index (χ0n) is 8.78. The van der Waals surface area contributed by atoms with Crippen LogP contribution < -0.4 is 0 Å². The summed E-state index contributed by atoms with van der Waals surface area (Å²) < 4.78 is 51.3. The lowest BCUT2D eigenvalue weighted by Gasteiger charge is -2.04. The minimum absolute atomic E-state index is 0.0967. The molecule has 0 aliphatic rings. The van der Waals surface area contributed by atoms with E-state index in [9.17, 15) is 22.4 Å². The molecule has 0 aliphatic carbocycles. The van der Waals surface area contributed by atoms with Crippen LogP contribution in [0.2, 0.25) is 0 Å². The number of benzene rings is 1. The number of carbonyl (C=O) groups excluding carboxylic acids is 1. The summed E-state index contributed by atoms with van der Waals surface area (Å²) in [5.74, 6) is -0.823. The van der Waals surface area contributed by atoms with E-state index >= 15 is 0 Å². The molecule has 0 radical (unpaired) electrons. The van der Waals surface area contributed by atoms with Gasteiger partial charge in [0.05, 0.1) is 11.8 Å². The quantitative estimate of drug-likeness (QED) is 0.613. The van der Waals surface area contributed by atoms with Gasteiger partial charge in [-0.3, -0.25) is 4.79 Å². The van der Waals surface area contributed by atoms with Crippen molar-refractivity contribution in [2.24, 2.45) is 0 Å². The van der Waals surface area contributed by atoms with Crippen LogP contribution in [0.5, 0.6) is 0 Å². The first-order valence-electron chi connectivity index (χ1n) is 4.79. The van der Waals surface area contributed by atoms with Gasteiger partial charge in [0, 0.05) is 11.8 Å². The molecule has 0 bridgehead atoms. The Kier molecular flexibility index (Phi) is 2.90. The van der Waals surface area contributed by atoms with Gasteiger partial charge < -0.3 is 0 Å². The summed E-state index contributed by atoms with van der Waals surface area (Å²) in [6.07, 6.45) is -2.80. The fraction of sp³-hybridized carbons (Fsp3) is 0.0909. The average Bonchev–Trinajstić information content (AvgIpc) is 2.77. The van der Waals surface area contributed by atoms with Crippen LogP contribution in [0, 0.1) is 5.82 Å². The summed E-state index contributed by atoms with van der Waals surface area (Å²) in [5, 5.41) is 3.44. The van der Waals surface area contributed by atoms with E-state index in [1.807, 2.05) is 0 Å². The predicted molar refractivity (Wildman–Crippen MR) is 53.9 cm³/mol. The van der Waals surface area contributed by atoms with Crippen LogP contribution in [-0.4, -0.2) is 16.1 Å². The van der Waals surface area contributed by atoms with Crippen LogP contribution in [0.15, 0.2) is 30.6 Å². The maximum absolute atomic E-state index is 13.5. The maximum Gasteiger partial charge on any atom is 0.419 e. The van der Waals surface area contributed by atoms with Gasteiger partial charge in [-0.15, -0.1) is 0 Å². The van der Waals surface area contributed by atoms with E-state index in [1.165, 1.54) is 12.1 Å². The molecule has 2 rings (SSSR count). The topological polar surface area (TPSA) is 34.9 Å². The van der Waals surface area contributed by atoms with Crippen molar-refractivity contribution in [2.45, 2.75) is 6.18 Å². The van der Waals surface area contributed by atoms with Gasteiger partial charge in [-0.05, 0) is 18.2 Å². The summed E-state index contributed by atoms with van der Waals surface area (Å²) in [6, 6.07) is 3.41. The van der Waals surface area contributed by atoms with Gasteiger partial charge in [0.15, 0.2) is 0 Å². The van der Waals surface area contributed by atoms with Crippen LogP contribution in [-0.2, 0) is 6.18 Å². The smallest absolute Gasteiger partial charge is 0.298 e. The van der Waals surface area contributed by atoms with Gasteiger partial charge in [-0.1, -0.05) is 0 Å². The largest absolute Gasteiger partial charge is 0.419 e. The van der Waals surface area contributed by atoms with Crippen molar-refractivity contribution in [2.75, 3.05) is 0 Å². The number of aldehydes is 1. The number of hydrogen-bond donors (Lipinski definition) is 0. The highest BCUT2D eigenvalue weighted by molar-refractivity contribution is 5.75. The van der Waals surface area contributed by atoms with E-state index in [-0.39, 0.29) is 11.3 Å². The fourth-order valence-corrected chi connectivity index (χ4v) is 1.38. The highest BCUT2D eigenvalue weighted by Crippen LogP contribution is 2.29. The highest BCUT2D eigenvalue weighted by atomic mass is 19.4. The summed E-state index contributed by atoms with van der Waals surface area (Å²) in [7, 11) is 0. The van der Waals surface area contributed by atoms with Crippen LogP contribution in [0.3, 0.4) is 0 Å². The third-order valence-electron chi connectivity index (χ3n) is 2.26. The SMILES string of the molecule is O=Cc1ccc(-n2cc(C(F)(F)F)cn2)c(F)c1. The number of halogens is 4. The summed E-state index contributed by atoms with van der Waals surface area (Å²) in [6.45, 7) is 0. The molecule has 1 aromatic carbocycles. The van der Waals surface area contributed by atoms with E-state index in [4.69, 9.17) is 0 Å². The monoisotopic (exact) mass is 258 g/mol. The Labute approximate surface area is 98.6 Å². The lowest BCUT2D eigenvalue weighted by Crippen LogP contribution is -2.03. The average molecular weight is 258 g/mol. The van der Waals surface area contributed by atoms with E-state index < -0.39 is 17.6 Å². The molecule has 0 saturated carbocycles. The van der Waals surface area contributed by atoms with Crippen LogP contribution in [0.1, 0.15) is 15.9 Å². The predicted octanol–water partition coefficient (Wildman–Crippen LogP) is 2.84. The summed E-state index contributed by atoms with van der Waals surface area (Å²) in [5.41, 5.74) is -1.03. The molecule has 94 valence electrons. The second-order valence-corrected chi connectivity index (χ2v) is 3.50. The van der Waals surface area contributed by atoms with E-state index in [1.54, 1.807) is 0 Å². The summed E-state index contributed by atoms with van der Waals surface area (Å²) in [4.78, 5) is 10.4. The molecule has 0 atom stereocenters. The number of hydrogen-bond acceptors (Lipinski definition) is 2. The van der Waals surface area contributed by atoms with Crippen LogP contribution in [0.4, 0.5) is 17.6 Å². The van der Waals surface area contributed by atoms with Crippen molar-refractivity contribution in [1.29, 1.82) is 0 Å². The van der Waals surface area contributed by atoms with Gasteiger partial charge in [0.1, 0.15) is 17.8 Å². The van der Waals surface area contributed by atoms with Crippen LogP contribution in [0.25, 0.3) is 5.69 Å². The molecule has 0 spiro atoms. The van der Waals surface area contributed by atoms with E-state index in [0.29, 0.717) is 18.7 Å². The molecule has 18 heavy (non-hydrogen) atoms. The molecule has 0 aliphatic heterocycles. The van der Waals surface area contributed by atoms with E-state index in [2.05, 4.69) is 5.10 Å². The molecule has 0 fully saturated rings. The van der Waals surface area contributed by atoms with Crippen molar-refractivity contribution in [3.8, 4) is 5.69 Å².